The minimum atomic E-state index is -0.122. The van der Waals surface area contributed by atoms with Crippen LogP contribution in [0.25, 0.3) is 0 Å². The highest BCUT2D eigenvalue weighted by atomic mass is 32.2. The van der Waals surface area contributed by atoms with E-state index in [0.717, 1.165) is 18.1 Å². The van der Waals surface area contributed by atoms with E-state index in [1.54, 1.807) is 19.2 Å². The second-order valence-electron chi connectivity index (χ2n) is 4.74. The zero-order valence-corrected chi connectivity index (χ0v) is 12.2. The minimum absolute atomic E-state index is 0.122. The van der Waals surface area contributed by atoms with Gasteiger partial charge >= 0.3 is 0 Å². The first kappa shape index (κ1) is 14.1. The molecule has 1 saturated carbocycles. The third-order valence-corrected chi connectivity index (χ3v) is 4.63. The molecule has 5 nitrogen and oxygen atoms in total. The van der Waals surface area contributed by atoms with Gasteiger partial charge in [0, 0.05) is 18.3 Å². The van der Waals surface area contributed by atoms with E-state index >= 15 is 0 Å². The molecule has 1 aromatic rings. The molecule has 1 heterocycles. The Hall–Kier alpha value is -1.30. The van der Waals surface area contributed by atoms with E-state index in [1.807, 2.05) is 11.8 Å². The van der Waals surface area contributed by atoms with Gasteiger partial charge in [0.05, 0.1) is 0 Å². The average molecular weight is 280 g/mol. The molecular formula is C13H20N4OS. The maximum atomic E-state index is 12.0. The molecule has 6 heteroatoms. The van der Waals surface area contributed by atoms with E-state index in [4.69, 9.17) is 0 Å². The lowest BCUT2D eigenvalue weighted by Gasteiger charge is -2.27. The summed E-state index contributed by atoms with van der Waals surface area (Å²) in [6.07, 6.45) is 6.62. The standard InChI is InChI=1S/C13H20N4OS/c1-14-12-8-7-11(16-17-12)13(18)15-9-3-5-10(19-2)6-4-9/h7-10H,3-6H2,1-2H3,(H,14,17)(H,15,18). The SMILES string of the molecule is CNc1ccc(C(=O)NC2CCC(SC)CC2)nn1. The van der Waals surface area contributed by atoms with Gasteiger partial charge in [-0.15, -0.1) is 10.2 Å². The Kier molecular flexibility index (Phi) is 5.01. The Balaban J connectivity index is 1.87. The van der Waals surface area contributed by atoms with Gasteiger partial charge in [-0.3, -0.25) is 4.79 Å². The number of aromatic nitrogens is 2. The molecule has 1 aliphatic carbocycles. The van der Waals surface area contributed by atoms with E-state index in [0.29, 0.717) is 11.5 Å². The number of carbonyl (C=O) groups is 1. The predicted molar refractivity (Wildman–Crippen MR) is 78.6 cm³/mol. The quantitative estimate of drug-likeness (QED) is 0.882. The van der Waals surface area contributed by atoms with Gasteiger partial charge in [0.1, 0.15) is 5.82 Å². The number of amides is 1. The summed E-state index contributed by atoms with van der Waals surface area (Å²) in [5, 5.41) is 14.5. The number of hydrogen-bond donors (Lipinski definition) is 2. The van der Waals surface area contributed by atoms with Gasteiger partial charge < -0.3 is 10.6 Å². The summed E-state index contributed by atoms with van der Waals surface area (Å²) in [6.45, 7) is 0. The Labute approximate surface area is 118 Å². The van der Waals surface area contributed by atoms with Crippen molar-refractivity contribution in [3.63, 3.8) is 0 Å². The molecule has 0 aromatic carbocycles. The van der Waals surface area contributed by atoms with Crippen LogP contribution in [0.4, 0.5) is 5.82 Å². The largest absolute Gasteiger partial charge is 0.372 e. The number of hydrogen-bond acceptors (Lipinski definition) is 5. The number of nitrogens with zero attached hydrogens (tertiary/aromatic N) is 2. The molecule has 1 aliphatic rings. The lowest BCUT2D eigenvalue weighted by Crippen LogP contribution is -2.38. The fraction of sp³-hybridized carbons (Fsp3) is 0.615. The maximum Gasteiger partial charge on any atom is 0.272 e. The van der Waals surface area contributed by atoms with Crippen LogP contribution in [0.1, 0.15) is 36.2 Å². The highest BCUT2D eigenvalue weighted by molar-refractivity contribution is 7.99. The van der Waals surface area contributed by atoms with E-state index in [9.17, 15) is 4.79 Å². The Bertz CT molecular complexity index is 415. The topological polar surface area (TPSA) is 66.9 Å². The fourth-order valence-corrected chi connectivity index (χ4v) is 3.03. The van der Waals surface area contributed by atoms with Crippen molar-refractivity contribution in [1.82, 2.24) is 15.5 Å². The van der Waals surface area contributed by atoms with Crippen molar-refractivity contribution in [2.45, 2.75) is 37.0 Å². The summed E-state index contributed by atoms with van der Waals surface area (Å²) < 4.78 is 0. The van der Waals surface area contributed by atoms with Crippen molar-refractivity contribution in [1.29, 1.82) is 0 Å². The second-order valence-corrected chi connectivity index (χ2v) is 5.87. The van der Waals surface area contributed by atoms with Crippen molar-refractivity contribution >= 4 is 23.5 Å². The third kappa shape index (κ3) is 3.83. The molecule has 19 heavy (non-hydrogen) atoms. The molecule has 0 aliphatic heterocycles. The highest BCUT2D eigenvalue weighted by Gasteiger charge is 2.22. The van der Waals surface area contributed by atoms with Crippen LogP contribution in [0.5, 0.6) is 0 Å². The van der Waals surface area contributed by atoms with Crippen LogP contribution < -0.4 is 10.6 Å². The van der Waals surface area contributed by atoms with Gasteiger partial charge in [-0.1, -0.05) is 0 Å². The molecular weight excluding hydrogens is 260 g/mol. The lowest BCUT2D eigenvalue weighted by atomic mass is 9.95. The van der Waals surface area contributed by atoms with Crippen LogP contribution in [0.2, 0.25) is 0 Å². The van der Waals surface area contributed by atoms with Crippen molar-refractivity contribution in [2.75, 3.05) is 18.6 Å². The van der Waals surface area contributed by atoms with Crippen LogP contribution in [-0.2, 0) is 0 Å². The monoisotopic (exact) mass is 280 g/mol. The van der Waals surface area contributed by atoms with Crippen LogP contribution in [0.3, 0.4) is 0 Å². The normalized spacial score (nSPS) is 22.8. The first-order chi connectivity index (χ1) is 9.22. The molecule has 104 valence electrons. The Morgan fingerprint density at radius 2 is 2.00 bits per heavy atom. The summed E-state index contributed by atoms with van der Waals surface area (Å²) >= 11 is 1.93. The molecule has 2 N–H and O–H groups in total. The molecule has 0 bridgehead atoms. The zero-order valence-electron chi connectivity index (χ0n) is 11.3. The first-order valence-electron chi connectivity index (χ1n) is 6.58. The van der Waals surface area contributed by atoms with Gasteiger partial charge in [-0.2, -0.15) is 11.8 Å². The van der Waals surface area contributed by atoms with E-state index in [-0.39, 0.29) is 11.9 Å². The number of carbonyl (C=O) groups excluding carboxylic acids is 1. The minimum Gasteiger partial charge on any atom is -0.372 e. The zero-order chi connectivity index (χ0) is 13.7. The number of thioether (sulfide) groups is 1. The average Bonchev–Trinajstić information content (AvgIpc) is 2.48. The molecule has 0 saturated heterocycles. The van der Waals surface area contributed by atoms with Crippen LogP contribution in [-0.4, -0.2) is 40.7 Å². The molecule has 0 spiro atoms. The lowest BCUT2D eigenvalue weighted by molar-refractivity contribution is 0.0922. The molecule has 1 amide bonds. The third-order valence-electron chi connectivity index (χ3n) is 3.50. The highest BCUT2D eigenvalue weighted by Crippen LogP contribution is 2.26. The number of anilines is 1. The predicted octanol–water partition coefficient (Wildman–Crippen LogP) is 1.92. The van der Waals surface area contributed by atoms with Gasteiger partial charge in [0.25, 0.3) is 5.91 Å². The number of nitrogens with one attached hydrogen (secondary N) is 2. The molecule has 0 radical (unpaired) electrons. The van der Waals surface area contributed by atoms with Crippen molar-refractivity contribution in [3.05, 3.63) is 17.8 Å². The molecule has 1 aromatic heterocycles. The van der Waals surface area contributed by atoms with Gasteiger partial charge in [-0.05, 0) is 44.1 Å². The summed E-state index contributed by atoms with van der Waals surface area (Å²) in [7, 11) is 1.77. The second kappa shape index (κ2) is 6.75. The van der Waals surface area contributed by atoms with Crippen molar-refractivity contribution in [3.8, 4) is 0 Å². The van der Waals surface area contributed by atoms with E-state index in [1.165, 1.54) is 12.8 Å². The van der Waals surface area contributed by atoms with Crippen LogP contribution in [0, 0.1) is 0 Å². The van der Waals surface area contributed by atoms with Crippen molar-refractivity contribution in [2.24, 2.45) is 0 Å². The first-order valence-corrected chi connectivity index (χ1v) is 7.87. The van der Waals surface area contributed by atoms with Crippen molar-refractivity contribution < 1.29 is 4.79 Å². The molecule has 0 atom stereocenters. The summed E-state index contributed by atoms with van der Waals surface area (Å²) in [5.74, 6) is 0.541. The summed E-state index contributed by atoms with van der Waals surface area (Å²) in [6, 6.07) is 3.73. The molecule has 1 fully saturated rings. The van der Waals surface area contributed by atoms with Gasteiger partial charge in [0.2, 0.25) is 0 Å². The van der Waals surface area contributed by atoms with E-state index in [2.05, 4.69) is 27.1 Å². The van der Waals surface area contributed by atoms with Crippen LogP contribution in [0.15, 0.2) is 12.1 Å². The van der Waals surface area contributed by atoms with Gasteiger partial charge in [-0.25, -0.2) is 0 Å². The molecule has 2 rings (SSSR count). The summed E-state index contributed by atoms with van der Waals surface area (Å²) in [5.41, 5.74) is 0.381. The Morgan fingerprint density at radius 3 is 2.53 bits per heavy atom. The number of rotatable bonds is 4. The van der Waals surface area contributed by atoms with Crippen LogP contribution >= 0.6 is 11.8 Å². The van der Waals surface area contributed by atoms with Gasteiger partial charge in [0.15, 0.2) is 5.69 Å². The smallest absolute Gasteiger partial charge is 0.272 e. The maximum absolute atomic E-state index is 12.0. The molecule has 0 unspecified atom stereocenters. The summed E-state index contributed by atoms with van der Waals surface area (Å²) in [4.78, 5) is 12.0. The Morgan fingerprint density at radius 1 is 1.26 bits per heavy atom. The van der Waals surface area contributed by atoms with E-state index < -0.39 is 0 Å². The fourth-order valence-electron chi connectivity index (χ4n) is 2.29.